The summed E-state index contributed by atoms with van der Waals surface area (Å²) in [6.45, 7) is 4.22. The van der Waals surface area contributed by atoms with Gasteiger partial charge in [-0.05, 0) is 54.0 Å². The fraction of sp³-hybridized carbons (Fsp3) is 0.167. The molecule has 0 aliphatic carbocycles. The maximum atomic E-state index is 13.8. The molecule has 0 aliphatic rings. The molecule has 0 unspecified atom stereocenters. The molecular formula is C30H26FN3O4. The van der Waals surface area contributed by atoms with E-state index in [9.17, 15) is 14.0 Å². The van der Waals surface area contributed by atoms with Gasteiger partial charge >= 0.3 is 12.1 Å². The zero-order valence-electron chi connectivity index (χ0n) is 21.2. The molecule has 3 aromatic carbocycles. The summed E-state index contributed by atoms with van der Waals surface area (Å²) in [5.41, 5.74) is 4.74. The molecule has 7 nitrogen and oxygen atoms in total. The van der Waals surface area contributed by atoms with Crippen molar-refractivity contribution >= 4 is 39.9 Å². The van der Waals surface area contributed by atoms with Gasteiger partial charge in [0.1, 0.15) is 12.4 Å². The number of ether oxygens (including phenoxy) is 2. The second kappa shape index (κ2) is 10.3. The molecule has 8 heteroatoms. The molecule has 5 aromatic rings. The van der Waals surface area contributed by atoms with Crippen LogP contribution in [-0.4, -0.2) is 33.5 Å². The van der Waals surface area contributed by atoms with Crippen molar-refractivity contribution < 1.29 is 23.5 Å². The number of carbonyl (C=O) groups is 2. The molecule has 0 N–H and O–H groups in total. The van der Waals surface area contributed by atoms with E-state index in [1.165, 1.54) is 30.0 Å². The molecule has 38 heavy (non-hydrogen) atoms. The van der Waals surface area contributed by atoms with Gasteiger partial charge in [0, 0.05) is 33.8 Å². The third-order valence-corrected chi connectivity index (χ3v) is 6.33. The average Bonchev–Trinajstić information content (AvgIpc) is 3.48. The molecule has 0 saturated carbocycles. The molecule has 2 heterocycles. The van der Waals surface area contributed by atoms with Gasteiger partial charge in [-0.3, -0.25) is 0 Å². The number of esters is 1. The third-order valence-electron chi connectivity index (χ3n) is 6.33. The van der Waals surface area contributed by atoms with Crippen molar-refractivity contribution in [3.63, 3.8) is 0 Å². The van der Waals surface area contributed by atoms with Crippen LogP contribution in [0.2, 0.25) is 0 Å². The lowest BCUT2D eigenvalue weighted by Gasteiger charge is -2.14. The van der Waals surface area contributed by atoms with Gasteiger partial charge in [-0.15, -0.1) is 0 Å². The Balaban J connectivity index is 1.69. The number of carbonyl (C=O) groups excluding carboxylic acids is 2. The fourth-order valence-corrected chi connectivity index (χ4v) is 4.61. The van der Waals surface area contributed by atoms with Crippen molar-refractivity contribution in [1.82, 2.24) is 14.3 Å². The summed E-state index contributed by atoms with van der Waals surface area (Å²) in [5.74, 6) is -0.780. The molecule has 0 aliphatic heterocycles. The van der Waals surface area contributed by atoms with Gasteiger partial charge in [0.25, 0.3) is 0 Å². The zero-order valence-corrected chi connectivity index (χ0v) is 21.2. The van der Waals surface area contributed by atoms with Crippen LogP contribution in [0, 0.1) is 5.82 Å². The molecule has 5 rings (SSSR count). The topological polar surface area (TPSA) is 75.4 Å². The first-order valence-electron chi connectivity index (χ1n) is 12.2. The minimum atomic E-state index is -0.600. The largest absolute Gasteiger partial charge is 0.466 e. The van der Waals surface area contributed by atoms with E-state index in [0.29, 0.717) is 5.52 Å². The Morgan fingerprint density at radius 1 is 1.03 bits per heavy atom. The number of methoxy groups -OCH3 is 1. The summed E-state index contributed by atoms with van der Waals surface area (Å²) in [6, 6.07) is 19.5. The molecule has 0 spiro atoms. The first-order valence-corrected chi connectivity index (χ1v) is 12.2. The van der Waals surface area contributed by atoms with Gasteiger partial charge in [-0.2, -0.15) is 9.78 Å². The summed E-state index contributed by atoms with van der Waals surface area (Å²) in [7, 11) is 1.32. The normalized spacial score (nSPS) is 11.6. The Kier molecular flexibility index (Phi) is 6.79. The molecule has 0 fully saturated rings. The maximum Gasteiger partial charge on any atom is 0.435 e. The molecule has 192 valence electrons. The van der Waals surface area contributed by atoms with E-state index in [4.69, 9.17) is 9.47 Å². The van der Waals surface area contributed by atoms with Crippen LogP contribution in [0.25, 0.3) is 33.6 Å². The van der Waals surface area contributed by atoms with Crippen LogP contribution in [-0.2, 0) is 20.9 Å². The molecule has 2 aromatic heterocycles. The first-order chi connectivity index (χ1) is 18.4. The zero-order chi connectivity index (χ0) is 26.8. The van der Waals surface area contributed by atoms with Crippen molar-refractivity contribution in [2.24, 2.45) is 0 Å². The highest BCUT2D eigenvalue weighted by molar-refractivity contribution is 6.04. The lowest BCUT2D eigenvalue weighted by molar-refractivity contribution is -0.134. The molecular weight excluding hydrogens is 485 g/mol. The van der Waals surface area contributed by atoms with Gasteiger partial charge in [0.15, 0.2) is 0 Å². The van der Waals surface area contributed by atoms with Gasteiger partial charge in [-0.25, -0.2) is 14.0 Å². The predicted molar refractivity (Wildman–Crippen MR) is 144 cm³/mol. The minimum absolute atomic E-state index is 0.0419. The van der Waals surface area contributed by atoms with Crippen LogP contribution in [0.5, 0.6) is 0 Å². The minimum Gasteiger partial charge on any atom is -0.466 e. The summed E-state index contributed by atoms with van der Waals surface area (Å²) in [4.78, 5) is 25.0. The van der Waals surface area contributed by atoms with Crippen LogP contribution in [0.1, 0.15) is 36.6 Å². The van der Waals surface area contributed by atoms with Gasteiger partial charge in [0.05, 0.1) is 24.3 Å². The Bertz CT molecular complexity index is 1670. The summed E-state index contributed by atoms with van der Waals surface area (Å²) in [6.07, 6.45) is 4.09. The van der Waals surface area contributed by atoms with Crippen molar-refractivity contribution in [1.29, 1.82) is 0 Å². The smallest absolute Gasteiger partial charge is 0.435 e. The third kappa shape index (κ3) is 4.68. The van der Waals surface area contributed by atoms with Crippen molar-refractivity contribution in [2.45, 2.75) is 26.4 Å². The highest BCUT2D eigenvalue weighted by atomic mass is 19.1. The van der Waals surface area contributed by atoms with E-state index in [-0.39, 0.29) is 18.3 Å². The molecule has 0 saturated heterocycles. The van der Waals surface area contributed by atoms with E-state index in [2.05, 4.69) is 5.10 Å². The lowest BCUT2D eigenvalue weighted by atomic mass is 10.0. The van der Waals surface area contributed by atoms with Crippen LogP contribution < -0.4 is 0 Å². The van der Waals surface area contributed by atoms with Gasteiger partial charge < -0.3 is 14.0 Å². The van der Waals surface area contributed by atoms with Crippen molar-refractivity contribution in [3.05, 3.63) is 102 Å². The van der Waals surface area contributed by atoms with E-state index in [1.54, 1.807) is 24.4 Å². The second-order valence-electron chi connectivity index (χ2n) is 9.15. The Morgan fingerprint density at radius 3 is 2.45 bits per heavy atom. The van der Waals surface area contributed by atoms with Crippen LogP contribution in [0.15, 0.2) is 79.0 Å². The number of hydrogen-bond acceptors (Lipinski definition) is 5. The van der Waals surface area contributed by atoms with Crippen molar-refractivity contribution in [3.8, 4) is 5.69 Å². The van der Waals surface area contributed by atoms with E-state index in [1.807, 2.05) is 60.9 Å². The summed E-state index contributed by atoms with van der Waals surface area (Å²) >= 11 is 0. The maximum absolute atomic E-state index is 13.8. The van der Waals surface area contributed by atoms with Crippen molar-refractivity contribution in [2.75, 3.05) is 7.11 Å². The van der Waals surface area contributed by atoms with Crippen LogP contribution in [0.4, 0.5) is 9.18 Å². The quantitative estimate of drug-likeness (QED) is 0.189. The van der Waals surface area contributed by atoms with E-state index < -0.39 is 12.1 Å². The number of aromatic nitrogens is 3. The molecule has 0 bridgehead atoms. The molecule has 0 atom stereocenters. The summed E-state index contributed by atoms with van der Waals surface area (Å²) in [5, 5.41) is 5.82. The highest BCUT2D eigenvalue weighted by Crippen LogP contribution is 2.37. The van der Waals surface area contributed by atoms with E-state index >= 15 is 0 Å². The lowest BCUT2D eigenvalue weighted by Crippen LogP contribution is -2.14. The number of fused-ring (bicyclic) bond motifs is 2. The fourth-order valence-electron chi connectivity index (χ4n) is 4.61. The first kappa shape index (κ1) is 25.0. The monoisotopic (exact) mass is 511 g/mol. The average molecular weight is 512 g/mol. The Morgan fingerprint density at radius 2 is 1.76 bits per heavy atom. The Labute approximate surface area is 218 Å². The standard InChI is InChI=1S/C30H26FN3O4/c1-19(2)29-24(13-14-28(35)37-3)25-16-26-21(15-27(25)33(29)23-11-9-22(31)10-12-23)17-32-34(26)30(36)38-18-20-7-5-4-6-8-20/h4-17,19H,18H2,1-3H3/b14-13+. The Hall–Kier alpha value is -4.72. The number of rotatable bonds is 6. The van der Waals surface area contributed by atoms with Crippen LogP contribution >= 0.6 is 0 Å². The van der Waals surface area contributed by atoms with E-state index in [0.717, 1.165) is 38.8 Å². The van der Waals surface area contributed by atoms with Gasteiger partial charge in [-0.1, -0.05) is 44.2 Å². The number of hydrogen-bond donors (Lipinski definition) is 0. The number of nitrogens with zero attached hydrogens (tertiary/aromatic N) is 3. The molecule has 0 radical (unpaired) electrons. The molecule has 0 amide bonds. The number of benzene rings is 3. The number of halogens is 1. The van der Waals surface area contributed by atoms with Gasteiger partial charge in [0.2, 0.25) is 0 Å². The SMILES string of the molecule is COC(=O)/C=C/c1c(C(C)C)n(-c2ccc(F)cc2)c2cc3cnn(C(=O)OCc4ccccc4)c3cc12. The summed E-state index contributed by atoms with van der Waals surface area (Å²) < 4.78 is 27.4. The van der Waals surface area contributed by atoms with Crippen LogP contribution in [0.3, 0.4) is 0 Å². The predicted octanol–water partition coefficient (Wildman–Crippen LogP) is 6.61. The highest BCUT2D eigenvalue weighted by Gasteiger charge is 2.22. The second-order valence-corrected chi connectivity index (χ2v) is 9.15.